The van der Waals surface area contributed by atoms with Gasteiger partial charge in [0.1, 0.15) is 6.04 Å². The molecule has 19 heavy (non-hydrogen) atoms. The third-order valence-electron chi connectivity index (χ3n) is 3.52. The average molecular weight is 269 g/mol. The van der Waals surface area contributed by atoms with Crippen LogP contribution in [-0.2, 0) is 9.59 Å². The van der Waals surface area contributed by atoms with E-state index in [1.807, 2.05) is 11.8 Å². The highest BCUT2D eigenvalue weighted by Crippen LogP contribution is 2.10. The summed E-state index contributed by atoms with van der Waals surface area (Å²) < 4.78 is 0. The molecule has 1 aliphatic heterocycles. The molecule has 1 fully saturated rings. The molecule has 2 unspecified atom stereocenters. The van der Waals surface area contributed by atoms with Crippen LogP contribution in [0, 0.1) is 0 Å². The number of amides is 2. The highest BCUT2D eigenvalue weighted by atomic mass is 16.2. The summed E-state index contributed by atoms with van der Waals surface area (Å²) in [7, 11) is 0. The van der Waals surface area contributed by atoms with E-state index in [1.165, 1.54) is 6.42 Å². The van der Waals surface area contributed by atoms with Gasteiger partial charge in [0.05, 0.1) is 0 Å². The highest BCUT2D eigenvalue weighted by Gasteiger charge is 2.23. The molecule has 2 amide bonds. The Labute approximate surface area is 115 Å². The lowest BCUT2D eigenvalue weighted by atomic mass is 10.1. The first kappa shape index (κ1) is 16.0. The molecule has 1 rings (SSSR count). The van der Waals surface area contributed by atoms with Gasteiger partial charge in [0.25, 0.3) is 0 Å². The molecule has 0 aromatic heterocycles. The molecule has 5 nitrogen and oxygen atoms in total. The van der Waals surface area contributed by atoms with Crippen LogP contribution in [0.5, 0.6) is 0 Å². The molecule has 5 heteroatoms. The molecule has 2 atom stereocenters. The predicted molar refractivity (Wildman–Crippen MR) is 75.5 cm³/mol. The summed E-state index contributed by atoms with van der Waals surface area (Å²) in [5, 5.41) is 2.76. The van der Waals surface area contributed by atoms with Crippen LogP contribution in [-0.4, -0.2) is 41.9 Å². The van der Waals surface area contributed by atoms with Crippen LogP contribution in [0.25, 0.3) is 0 Å². The summed E-state index contributed by atoms with van der Waals surface area (Å²) in [6.45, 7) is 5.42. The molecular weight excluding hydrogens is 242 g/mol. The van der Waals surface area contributed by atoms with E-state index in [1.54, 1.807) is 6.92 Å². The summed E-state index contributed by atoms with van der Waals surface area (Å²) in [5.41, 5.74) is 5.82. The molecule has 0 spiro atoms. The van der Waals surface area contributed by atoms with Crippen LogP contribution < -0.4 is 11.1 Å². The average Bonchev–Trinajstić information content (AvgIpc) is 2.38. The minimum absolute atomic E-state index is 0.0251. The van der Waals surface area contributed by atoms with Crippen LogP contribution in [0.4, 0.5) is 0 Å². The van der Waals surface area contributed by atoms with Crippen molar-refractivity contribution >= 4 is 11.8 Å². The Morgan fingerprint density at radius 1 is 1.26 bits per heavy atom. The second-order valence-corrected chi connectivity index (χ2v) is 5.43. The van der Waals surface area contributed by atoms with Crippen molar-refractivity contribution in [1.82, 2.24) is 10.2 Å². The second-order valence-electron chi connectivity index (χ2n) is 5.43. The fourth-order valence-corrected chi connectivity index (χ4v) is 2.46. The Hall–Kier alpha value is -1.10. The zero-order valence-electron chi connectivity index (χ0n) is 12.2. The quantitative estimate of drug-likeness (QED) is 0.756. The van der Waals surface area contributed by atoms with Crippen molar-refractivity contribution < 1.29 is 9.59 Å². The number of nitrogens with zero attached hydrogens (tertiary/aromatic N) is 1. The second kappa shape index (κ2) is 8.15. The van der Waals surface area contributed by atoms with E-state index in [0.717, 1.165) is 38.8 Å². The smallest absolute Gasteiger partial charge is 0.244 e. The molecule has 0 bridgehead atoms. The SMILES string of the molecule is CCCC(N)CC(=O)NC(C)C(=O)N1CCCCC1. The van der Waals surface area contributed by atoms with Crippen LogP contribution in [0.3, 0.4) is 0 Å². The van der Waals surface area contributed by atoms with Crippen LogP contribution >= 0.6 is 0 Å². The zero-order chi connectivity index (χ0) is 14.3. The summed E-state index contributed by atoms with van der Waals surface area (Å²) in [4.78, 5) is 25.7. The predicted octanol–water partition coefficient (Wildman–Crippen LogP) is 1.02. The molecule has 1 heterocycles. The Morgan fingerprint density at radius 3 is 2.47 bits per heavy atom. The number of carbonyl (C=O) groups excluding carboxylic acids is 2. The van der Waals surface area contributed by atoms with Crippen LogP contribution in [0.1, 0.15) is 52.4 Å². The molecule has 1 saturated heterocycles. The van der Waals surface area contributed by atoms with Gasteiger partial charge in [0, 0.05) is 25.6 Å². The molecule has 0 aliphatic carbocycles. The Morgan fingerprint density at radius 2 is 1.89 bits per heavy atom. The van der Waals surface area contributed by atoms with Crippen LogP contribution in [0.15, 0.2) is 0 Å². The largest absolute Gasteiger partial charge is 0.345 e. The van der Waals surface area contributed by atoms with Crippen molar-refractivity contribution in [3.8, 4) is 0 Å². The molecule has 0 saturated carbocycles. The third-order valence-corrected chi connectivity index (χ3v) is 3.52. The number of rotatable bonds is 6. The first-order valence-electron chi connectivity index (χ1n) is 7.38. The van der Waals surface area contributed by atoms with E-state index in [9.17, 15) is 9.59 Å². The normalized spacial score (nSPS) is 18.8. The van der Waals surface area contributed by atoms with Gasteiger partial charge in [-0.15, -0.1) is 0 Å². The maximum Gasteiger partial charge on any atom is 0.244 e. The molecule has 0 aromatic carbocycles. The highest BCUT2D eigenvalue weighted by molar-refractivity contribution is 5.87. The first-order valence-corrected chi connectivity index (χ1v) is 7.38. The van der Waals surface area contributed by atoms with Gasteiger partial charge >= 0.3 is 0 Å². The number of nitrogens with one attached hydrogen (secondary N) is 1. The number of carbonyl (C=O) groups is 2. The van der Waals surface area contributed by atoms with E-state index < -0.39 is 6.04 Å². The fraction of sp³-hybridized carbons (Fsp3) is 0.857. The molecule has 3 N–H and O–H groups in total. The minimum Gasteiger partial charge on any atom is -0.345 e. The number of hydrogen-bond donors (Lipinski definition) is 2. The standard InChI is InChI=1S/C14H27N3O2/c1-3-7-12(15)10-13(18)16-11(2)14(19)17-8-5-4-6-9-17/h11-12H,3-10,15H2,1-2H3,(H,16,18). The topological polar surface area (TPSA) is 75.4 Å². The number of likely N-dealkylation sites (tertiary alicyclic amines) is 1. The van der Waals surface area contributed by atoms with E-state index >= 15 is 0 Å². The van der Waals surface area contributed by atoms with Gasteiger partial charge in [0.2, 0.25) is 11.8 Å². The summed E-state index contributed by atoms with van der Waals surface area (Å²) in [6.07, 6.45) is 5.42. The number of piperidine rings is 1. The molecular formula is C14H27N3O2. The van der Waals surface area contributed by atoms with Crippen molar-refractivity contribution in [3.63, 3.8) is 0 Å². The van der Waals surface area contributed by atoms with Gasteiger partial charge in [-0.1, -0.05) is 13.3 Å². The Kier molecular flexibility index (Phi) is 6.84. The maximum absolute atomic E-state index is 12.1. The first-order chi connectivity index (χ1) is 9.04. The Bertz CT molecular complexity index is 301. The molecule has 0 aromatic rings. The lowest BCUT2D eigenvalue weighted by Gasteiger charge is -2.29. The number of nitrogens with two attached hydrogens (primary N) is 1. The van der Waals surface area contributed by atoms with E-state index in [4.69, 9.17) is 5.73 Å². The zero-order valence-corrected chi connectivity index (χ0v) is 12.2. The Balaban J connectivity index is 2.34. The van der Waals surface area contributed by atoms with Crippen molar-refractivity contribution in [2.75, 3.05) is 13.1 Å². The lowest BCUT2D eigenvalue weighted by molar-refractivity contribution is -0.136. The fourth-order valence-electron chi connectivity index (χ4n) is 2.46. The molecule has 110 valence electrons. The van der Waals surface area contributed by atoms with Gasteiger partial charge in [-0.3, -0.25) is 9.59 Å². The van der Waals surface area contributed by atoms with Gasteiger partial charge in [0.15, 0.2) is 0 Å². The molecule has 1 aliphatic rings. The van der Waals surface area contributed by atoms with Gasteiger partial charge in [-0.2, -0.15) is 0 Å². The summed E-state index contributed by atoms with van der Waals surface area (Å²) >= 11 is 0. The van der Waals surface area contributed by atoms with Crippen molar-refractivity contribution in [3.05, 3.63) is 0 Å². The van der Waals surface area contributed by atoms with E-state index in [-0.39, 0.29) is 17.9 Å². The van der Waals surface area contributed by atoms with Gasteiger partial charge in [-0.25, -0.2) is 0 Å². The maximum atomic E-state index is 12.1. The van der Waals surface area contributed by atoms with Crippen molar-refractivity contribution in [2.24, 2.45) is 5.73 Å². The van der Waals surface area contributed by atoms with Crippen molar-refractivity contribution in [2.45, 2.75) is 64.5 Å². The third kappa shape index (κ3) is 5.59. The lowest BCUT2D eigenvalue weighted by Crippen LogP contribution is -2.49. The minimum atomic E-state index is -0.445. The van der Waals surface area contributed by atoms with Gasteiger partial charge in [-0.05, 0) is 32.6 Å². The monoisotopic (exact) mass is 269 g/mol. The van der Waals surface area contributed by atoms with E-state index in [0.29, 0.717) is 6.42 Å². The van der Waals surface area contributed by atoms with Gasteiger partial charge < -0.3 is 16.0 Å². The van der Waals surface area contributed by atoms with E-state index in [2.05, 4.69) is 5.32 Å². The molecule has 0 radical (unpaired) electrons. The van der Waals surface area contributed by atoms with Crippen molar-refractivity contribution in [1.29, 1.82) is 0 Å². The van der Waals surface area contributed by atoms with Crippen LogP contribution in [0.2, 0.25) is 0 Å². The summed E-state index contributed by atoms with van der Waals surface area (Å²) in [6, 6.07) is -0.554. The number of hydrogen-bond acceptors (Lipinski definition) is 3. The summed E-state index contributed by atoms with van der Waals surface area (Å²) in [5.74, 6) is -0.101.